The first-order valence-electron chi connectivity index (χ1n) is 12.8. The summed E-state index contributed by atoms with van der Waals surface area (Å²) in [7, 11) is 1.88. The highest BCUT2D eigenvalue weighted by molar-refractivity contribution is 5.98. The molecule has 5 heterocycles. The second-order valence-corrected chi connectivity index (χ2v) is 10.6. The van der Waals surface area contributed by atoms with Crippen molar-refractivity contribution in [1.82, 2.24) is 19.2 Å². The van der Waals surface area contributed by atoms with Gasteiger partial charge in [0.05, 0.1) is 0 Å². The Kier molecular flexibility index (Phi) is 5.56. The molecule has 6 rings (SSSR count). The van der Waals surface area contributed by atoms with Crippen LogP contribution in [0.1, 0.15) is 58.8 Å². The summed E-state index contributed by atoms with van der Waals surface area (Å²) in [5, 5.41) is 0. The third-order valence-corrected chi connectivity index (χ3v) is 8.26. The molecule has 0 spiro atoms. The van der Waals surface area contributed by atoms with Gasteiger partial charge in [0, 0.05) is 68.5 Å². The van der Waals surface area contributed by atoms with Gasteiger partial charge in [-0.2, -0.15) is 0 Å². The molecule has 2 aromatic heterocycles. The zero-order chi connectivity index (χ0) is 23.2. The Morgan fingerprint density at radius 2 is 1.79 bits per heavy atom. The quantitative estimate of drug-likeness (QED) is 0.585. The van der Waals surface area contributed by atoms with Gasteiger partial charge in [-0.25, -0.2) is 4.98 Å². The Balaban J connectivity index is 1.02. The molecular formula is C28H35N5O. The highest BCUT2D eigenvalue weighted by atomic mass is 16.2. The zero-order valence-corrected chi connectivity index (χ0v) is 20.4. The Morgan fingerprint density at radius 1 is 1.00 bits per heavy atom. The number of aromatic nitrogens is 2. The second-order valence-electron chi connectivity index (χ2n) is 10.6. The van der Waals surface area contributed by atoms with Crippen LogP contribution in [0, 0.1) is 12.8 Å². The van der Waals surface area contributed by atoms with Crippen molar-refractivity contribution in [1.29, 1.82) is 0 Å². The van der Waals surface area contributed by atoms with Crippen molar-refractivity contribution in [3.8, 4) is 0 Å². The fourth-order valence-corrected chi connectivity index (χ4v) is 6.30. The van der Waals surface area contributed by atoms with Gasteiger partial charge in [0.15, 0.2) is 0 Å². The van der Waals surface area contributed by atoms with E-state index in [1.54, 1.807) is 4.90 Å². The van der Waals surface area contributed by atoms with Crippen LogP contribution in [-0.4, -0.2) is 64.9 Å². The molecule has 178 valence electrons. The third-order valence-electron chi connectivity index (χ3n) is 8.26. The van der Waals surface area contributed by atoms with Gasteiger partial charge in [-0.15, -0.1) is 0 Å². The molecule has 0 aliphatic carbocycles. The first-order chi connectivity index (χ1) is 16.5. The number of rotatable bonds is 4. The molecule has 3 aliphatic heterocycles. The van der Waals surface area contributed by atoms with E-state index in [1.165, 1.54) is 67.8 Å². The van der Waals surface area contributed by atoms with E-state index in [2.05, 4.69) is 56.6 Å². The van der Waals surface area contributed by atoms with Crippen molar-refractivity contribution in [2.75, 3.05) is 44.7 Å². The van der Waals surface area contributed by atoms with E-state index < -0.39 is 0 Å². The predicted octanol–water partition coefficient (Wildman–Crippen LogP) is 4.32. The predicted molar refractivity (Wildman–Crippen MR) is 136 cm³/mol. The number of benzene rings is 1. The van der Waals surface area contributed by atoms with E-state index in [1.807, 2.05) is 19.3 Å². The van der Waals surface area contributed by atoms with Crippen molar-refractivity contribution in [3.05, 3.63) is 65.1 Å². The van der Waals surface area contributed by atoms with Crippen LogP contribution in [0.15, 0.2) is 42.7 Å². The molecule has 0 radical (unpaired) electrons. The molecule has 3 aliphatic rings. The number of aryl methyl sites for hydroxylation is 1. The van der Waals surface area contributed by atoms with Gasteiger partial charge in [0.25, 0.3) is 5.91 Å². The van der Waals surface area contributed by atoms with Crippen LogP contribution in [0.3, 0.4) is 0 Å². The van der Waals surface area contributed by atoms with Gasteiger partial charge in [-0.05, 0) is 93.1 Å². The Bertz CT molecular complexity index is 1200. The monoisotopic (exact) mass is 457 g/mol. The SMILES string of the molecule is Cc1cc(C2CCN(CC3CCN(c4ccc5c(c4)CN(C)C5=O)CC3)CC2)n2ccnc2c1. The van der Waals surface area contributed by atoms with Crippen LogP contribution in [-0.2, 0) is 6.54 Å². The minimum atomic E-state index is 0.154. The molecule has 6 nitrogen and oxygen atoms in total. The van der Waals surface area contributed by atoms with Crippen molar-refractivity contribution in [3.63, 3.8) is 0 Å². The van der Waals surface area contributed by atoms with Gasteiger partial charge in [-0.1, -0.05) is 0 Å². The lowest BCUT2D eigenvalue weighted by atomic mass is 9.90. The zero-order valence-electron chi connectivity index (χ0n) is 20.4. The molecule has 1 aromatic carbocycles. The summed E-state index contributed by atoms with van der Waals surface area (Å²) in [6.45, 7) is 8.78. The Morgan fingerprint density at radius 3 is 2.59 bits per heavy atom. The van der Waals surface area contributed by atoms with Crippen molar-refractivity contribution < 1.29 is 4.79 Å². The summed E-state index contributed by atoms with van der Waals surface area (Å²) in [5.74, 6) is 1.57. The minimum Gasteiger partial charge on any atom is -0.372 e. The number of hydrogen-bond donors (Lipinski definition) is 0. The molecule has 1 amide bonds. The Labute approximate surface area is 202 Å². The van der Waals surface area contributed by atoms with E-state index in [0.29, 0.717) is 5.92 Å². The molecule has 0 unspecified atom stereocenters. The molecule has 0 N–H and O–H groups in total. The van der Waals surface area contributed by atoms with Gasteiger partial charge < -0.3 is 19.1 Å². The lowest BCUT2D eigenvalue weighted by Gasteiger charge is -2.38. The molecule has 2 saturated heterocycles. The van der Waals surface area contributed by atoms with Gasteiger partial charge in [0.1, 0.15) is 5.65 Å². The molecular weight excluding hydrogens is 422 g/mol. The molecule has 6 heteroatoms. The maximum absolute atomic E-state index is 12.2. The standard InChI is InChI=1S/C28H35N5O/c1-20-15-26(33-14-9-29-27(33)16-20)22-7-10-31(11-8-22)18-21-5-12-32(13-6-21)24-3-4-25-23(17-24)19-30(2)28(25)34/h3-4,9,14-17,21-22H,5-8,10-13,18-19H2,1-2H3. The normalized spacial score (nSPS) is 20.5. The largest absolute Gasteiger partial charge is 0.372 e. The molecule has 0 bridgehead atoms. The van der Waals surface area contributed by atoms with Crippen LogP contribution < -0.4 is 4.90 Å². The number of likely N-dealkylation sites (tertiary alicyclic amines) is 1. The topological polar surface area (TPSA) is 44.1 Å². The summed E-state index contributed by atoms with van der Waals surface area (Å²) >= 11 is 0. The van der Waals surface area contributed by atoms with Crippen molar-refractivity contribution in [2.45, 2.75) is 45.1 Å². The summed E-state index contributed by atoms with van der Waals surface area (Å²) in [4.78, 5) is 23.7. The van der Waals surface area contributed by atoms with Crippen LogP contribution in [0.4, 0.5) is 5.69 Å². The number of hydrogen-bond acceptors (Lipinski definition) is 4. The van der Waals surface area contributed by atoms with E-state index in [-0.39, 0.29) is 5.91 Å². The maximum atomic E-state index is 12.2. The third kappa shape index (κ3) is 3.98. The van der Waals surface area contributed by atoms with Crippen LogP contribution in [0.2, 0.25) is 0 Å². The Hall–Kier alpha value is -2.86. The first kappa shape index (κ1) is 21.7. The van der Waals surface area contributed by atoms with Crippen LogP contribution in [0.25, 0.3) is 5.65 Å². The number of fused-ring (bicyclic) bond motifs is 2. The van der Waals surface area contributed by atoms with Gasteiger partial charge in [0.2, 0.25) is 0 Å². The maximum Gasteiger partial charge on any atom is 0.254 e. The number of amides is 1. The van der Waals surface area contributed by atoms with E-state index in [0.717, 1.165) is 36.8 Å². The molecule has 0 atom stereocenters. The van der Waals surface area contributed by atoms with Crippen molar-refractivity contribution in [2.24, 2.45) is 5.92 Å². The number of imidazole rings is 1. The fraction of sp³-hybridized carbons (Fsp3) is 0.500. The average Bonchev–Trinajstić information content (AvgIpc) is 3.43. The number of piperidine rings is 2. The number of pyridine rings is 1. The highest BCUT2D eigenvalue weighted by Gasteiger charge is 2.28. The van der Waals surface area contributed by atoms with Gasteiger partial charge in [-0.3, -0.25) is 4.79 Å². The highest BCUT2D eigenvalue weighted by Crippen LogP contribution is 2.32. The fourth-order valence-electron chi connectivity index (χ4n) is 6.30. The second kappa shape index (κ2) is 8.73. The summed E-state index contributed by atoms with van der Waals surface area (Å²) < 4.78 is 2.29. The van der Waals surface area contributed by atoms with Crippen molar-refractivity contribution >= 4 is 17.2 Å². The number of nitrogens with zero attached hydrogens (tertiary/aromatic N) is 5. The van der Waals surface area contributed by atoms with E-state index in [9.17, 15) is 4.79 Å². The first-order valence-corrected chi connectivity index (χ1v) is 12.8. The van der Waals surface area contributed by atoms with Crippen LogP contribution in [0.5, 0.6) is 0 Å². The number of carbonyl (C=O) groups is 1. The molecule has 0 saturated carbocycles. The lowest BCUT2D eigenvalue weighted by Crippen LogP contribution is -2.41. The summed E-state index contributed by atoms with van der Waals surface area (Å²) in [6, 6.07) is 10.9. The smallest absolute Gasteiger partial charge is 0.254 e. The van der Waals surface area contributed by atoms with E-state index >= 15 is 0 Å². The number of anilines is 1. The van der Waals surface area contributed by atoms with Gasteiger partial charge >= 0.3 is 0 Å². The lowest BCUT2D eigenvalue weighted by molar-refractivity contribution is 0.0816. The van der Waals surface area contributed by atoms with E-state index in [4.69, 9.17) is 0 Å². The van der Waals surface area contributed by atoms with Crippen LogP contribution >= 0.6 is 0 Å². The molecule has 3 aromatic rings. The minimum absolute atomic E-state index is 0.154. The summed E-state index contributed by atoms with van der Waals surface area (Å²) in [6.07, 6.45) is 9.00. The number of carbonyl (C=O) groups excluding carboxylic acids is 1. The average molecular weight is 458 g/mol. The molecule has 2 fully saturated rings. The molecule has 34 heavy (non-hydrogen) atoms. The summed E-state index contributed by atoms with van der Waals surface area (Å²) in [5.41, 5.74) is 7.16.